The maximum Gasteiger partial charge on any atom is 0.123 e. The van der Waals surface area contributed by atoms with Gasteiger partial charge in [-0.25, -0.2) is 0 Å². The topological polar surface area (TPSA) is 47.3 Å². The van der Waals surface area contributed by atoms with Crippen molar-refractivity contribution in [2.45, 2.75) is 12.5 Å². The highest BCUT2D eigenvalue weighted by atomic mass is 79.9. The number of hydrogen-bond acceptors (Lipinski definition) is 3. The Morgan fingerprint density at radius 3 is 2.87 bits per heavy atom. The van der Waals surface area contributed by atoms with Gasteiger partial charge in [-0.2, -0.15) is 0 Å². The minimum Gasteiger partial charge on any atom is -0.496 e. The molecule has 1 rings (SSSR count). The molecule has 1 unspecified atom stereocenters. The van der Waals surface area contributed by atoms with Crippen molar-refractivity contribution in [2.75, 3.05) is 20.7 Å². The van der Waals surface area contributed by atoms with Crippen molar-refractivity contribution in [1.29, 1.82) is 0 Å². The van der Waals surface area contributed by atoms with Crippen molar-refractivity contribution in [3.8, 4) is 5.75 Å². The molecule has 0 saturated heterocycles. The van der Waals surface area contributed by atoms with Crippen LogP contribution in [0.25, 0.3) is 0 Å². The zero-order valence-electron chi connectivity index (χ0n) is 9.09. The van der Waals surface area contributed by atoms with Gasteiger partial charge in [0, 0.05) is 16.1 Å². The molecule has 0 amide bonds. The number of methoxy groups -OCH3 is 1. The van der Waals surface area contributed by atoms with Gasteiger partial charge in [0.25, 0.3) is 0 Å². The second-order valence-electron chi connectivity index (χ2n) is 3.38. The maximum absolute atomic E-state index is 6.09. The Morgan fingerprint density at radius 1 is 1.53 bits per heavy atom. The summed E-state index contributed by atoms with van der Waals surface area (Å²) in [7, 11) is 3.59. The average Bonchev–Trinajstić information content (AvgIpc) is 2.25. The molecule has 1 atom stereocenters. The predicted octanol–water partition coefficient (Wildman–Crippen LogP) is 2.07. The summed E-state index contributed by atoms with van der Waals surface area (Å²) < 4.78 is 6.31. The smallest absolute Gasteiger partial charge is 0.123 e. The van der Waals surface area contributed by atoms with E-state index in [2.05, 4.69) is 21.2 Å². The van der Waals surface area contributed by atoms with Crippen LogP contribution in [0.3, 0.4) is 0 Å². The molecular weight excluding hydrogens is 256 g/mol. The van der Waals surface area contributed by atoms with E-state index in [1.54, 1.807) is 7.11 Å². The monoisotopic (exact) mass is 272 g/mol. The van der Waals surface area contributed by atoms with Crippen LogP contribution >= 0.6 is 15.9 Å². The van der Waals surface area contributed by atoms with Crippen LogP contribution < -0.4 is 15.8 Å². The fourth-order valence-corrected chi connectivity index (χ4v) is 1.83. The first kappa shape index (κ1) is 12.5. The van der Waals surface area contributed by atoms with Crippen LogP contribution in [0, 0.1) is 0 Å². The summed E-state index contributed by atoms with van der Waals surface area (Å²) in [4.78, 5) is 0. The van der Waals surface area contributed by atoms with Gasteiger partial charge in [0.1, 0.15) is 5.75 Å². The van der Waals surface area contributed by atoms with E-state index < -0.39 is 0 Å². The minimum absolute atomic E-state index is 0.00454. The molecule has 0 fully saturated rings. The molecule has 1 aromatic carbocycles. The van der Waals surface area contributed by atoms with E-state index in [4.69, 9.17) is 10.5 Å². The summed E-state index contributed by atoms with van der Waals surface area (Å²) in [5.41, 5.74) is 7.13. The molecule has 0 saturated carbocycles. The van der Waals surface area contributed by atoms with Crippen LogP contribution in [0.2, 0.25) is 0 Å². The van der Waals surface area contributed by atoms with Gasteiger partial charge in [0.15, 0.2) is 0 Å². The molecule has 0 aliphatic heterocycles. The second-order valence-corrected chi connectivity index (χ2v) is 4.30. The third-order valence-corrected chi connectivity index (χ3v) is 2.79. The van der Waals surface area contributed by atoms with E-state index in [9.17, 15) is 0 Å². The number of benzene rings is 1. The van der Waals surface area contributed by atoms with E-state index in [0.29, 0.717) is 0 Å². The number of halogens is 1. The van der Waals surface area contributed by atoms with Gasteiger partial charge in [0.2, 0.25) is 0 Å². The van der Waals surface area contributed by atoms with Crippen molar-refractivity contribution in [3.05, 3.63) is 28.2 Å². The number of nitrogens with two attached hydrogens (primary N) is 1. The molecule has 3 N–H and O–H groups in total. The minimum atomic E-state index is 0.00454. The van der Waals surface area contributed by atoms with Crippen LogP contribution in [0.5, 0.6) is 5.75 Å². The van der Waals surface area contributed by atoms with Crippen LogP contribution in [-0.4, -0.2) is 20.7 Å². The molecular formula is C11H17BrN2O. The first-order valence-corrected chi connectivity index (χ1v) is 5.72. The first-order chi connectivity index (χ1) is 7.19. The normalized spacial score (nSPS) is 12.5. The van der Waals surface area contributed by atoms with Gasteiger partial charge in [0.05, 0.1) is 7.11 Å². The molecule has 1 aromatic rings. The Morgan fingerprint density at radius 2 is 2.27 bits per heavy atom. The van der Waals surface area contributed by atoms with Crippen LogP contribution in [-0.2, 0) is 0 Å². The summed E-state index contributed by atoms with van der Waals surface area (Å²) in [6.45, 7) is 0.900. The van der Waals surface area contributed by atoms with Gasteiger partial charge in [-0.1, -0.05) is 15.9 Å². The third-order valence-electron chi connectivity index (χ3n) is 2.30. The maximum atomic E-state index is 6.09. The average molecular weight is 273 g/mol. The van der Waals surface area contributed by atoms with Crippen molar-refractivity contribution < 1.29 is 4.74 Å². The van der Waals surface area contributed by atoms with Crippen molar-refractivity contribution >= 4 is 15.9 Å². The molecule has 3 nitrogen and oxygen atoms in total. The molecule has 84 valence electrons. The van der Waals surface area contributed by atoms with Gasteiger partial charge >= 0.3 is 0 Å². The van der Waals surface area contributed by atoms with E-state index in [0.717, 1.165) is 28.8 Å². The lowest BCUT2D eigenvalue weighted by Crippen LogP contribution is -2.18. The predicted molar refractivity (Wildman–Crippen MR) is 66.2 cm³/mol. The molecule has 0 aliphatic rings. The first-order valence-electron chi connectivity index (χ1n) is 4.92. The Balaban J connectivity index is 2.85. The Kier molecular flexibility index (Phi) is 5.08. The number of rotatable bonds is 5. The molecule has 4 heteroatoms. The van der Waals surface area contributed by atoms with Gasteiger partial charge < -0.3 is 15.8 Å². The fourth-order valence-electron chi connectivity index (χ4n) is 1.45. The van der Waals surface area contributed by atoms with E-state index >= 15 is 0 Å². The van der Waals surface area contributed by atoms with Gasteiger partial charge in [-0.3, -0.25) is 0 Å². The van der Waals surface area contributed by atoms with E-state index in [-0.39, 0.29) is 6.04 Å². The highest BCUT2D eigenvalue weighted by molar-refractivity contribution is 9.10. The summed E-state index contributed by atoms with van der Waals surface area (Å²) in [5, 5.41) is 3.09. The Bertz CT molecular complexity index is 317. The molecule has 0 heterocycles. The third kappa shape index (κ3) is 3.48. The summed E-state index contributed by atoms with van der Waals surface area (Å²) in [6, 6.07) is 5.90. The van der Waals surface area contributed by atoms with Gasteiger partial charge in [-0.15, -0.1) is 0 Å². The van der Waals surface area contributed by atoms with E-state index in [1.807, 2.05) is 25.2 Å². The summed E-state index contributed by atoms with van der Waals surface area (Å²) in [5.74, 6) is 0.849. The fraction of sp³-hybridized carbons (Fsp3) is 0.455. The lowest BCUT2D eigenvalue weighted by molar-refractivity contribution is 0.404. The number of nitrogens with one attached hydrogen (secondary N) is 1. The Hall–Kier alpha value is -0.580. The zero-order chi connectivity index (χ0) is 11.3. The van der Waals surface area contributed by atoms with Gasteiger partial charge in [-0.05, 0) is 38.2 Å². The van der Waals surface area contributed by atoms with Crippen LogP contribution in [0.1, 0.15) is 18.0 Å². The molecule has 0 aliphatic carbocycles. The molecule has 0 aromatic heterocycles. The number of hydrogen-bond donors (Lipinski definition) is 2. The highest BCUT2D eigenvalue weighted by Gasteiger charge is 2.11. The summed E-state index contributed by atoms with van der Waals surface area (Å²) >= 11 is 3.44. The molecule has 15 heavy (non-hydrogen) atoms. The molecule has 0 spiro atoms. The van der Waals surface area contributed by atoms with Crippen LogP contribution in [0.4, 0.5) is 0 Å². The number of ether oxygens (including phenoxy) is 1. The molecule has 0 radical (unpaired) electrons. The van der Waals surface area contributed by atoms with Crippen molar-refractivity contribution in [1.82, 2.24) is 5.32 Å². The van der Waals surface area contributed by atoms with Crippen LogP contribution in [0.15, 0.2) is 22.7 Å². The quantitative estimate of drug-likeness (QED) is 0.863. The van der Waals surface area contributed by atoms with Crippen molar-refractivity contribution in [3.63, 3.8) is 0 Å². The highest BCUT2D eigenvalue weighted by Crippen LogP contribution is 2.28. The standard InChI is InChI=1S/C11H17BrN2O/c1-14-6-5-10(13)9-7-8(12)3-4-11(9)15-2/h3-4,7,10,14H,5-6,13H2,1-2H3. The van der Waals surface area contributed by atoms with E-state index in [1.165, 1.54) is 0 Å². The SMILES string of the molecule is CNCCC(N)c1cc(Br)ccc1OC. The lowest BCUT2D eigenvalue weighted by atomic mass is 10.0. The largest absolute Gasteiger partial charge is 0.496 e. The lowest BCUT2D eigenvalue weighted by Gasteiger charge is -2.15. The second kappa shape index (κ2) is 6.10. The Labute approximate surface area is 99.1 Å². The zero-order valence-corrected chi connectivity index (χ0v) is 10.7. The summed E-state index contributed by atoms with van der Waals surface area (Å²) in [6.07, 6.45) is 0.892. The van der Waals surface area contributed by atoms with Crippen molar-refractivity contribution in [2.24, 2.45) is 5.73 Å². The molecule has 0 bridgehead atoms.